The Hall–Kier alpha value is -0.570. The molecule has 2 atom stereocenters. The fraction of sp³-hybridized carbons (Fsp3) is 0.923. The molecule has 3 nitrogen and oxygen atoms in total. The van der Waals surface area contributed by atoms with Crippen molar-refractivity contribution in [2.24, 2.45) is 5.92 Å². The Morgan fingerprint density at radius 1 is 1.44 bits per heavy atom. The maximum absolute atomic E-state index is 12.3. The van der Waals surface area contributed by atoms with Gasteiger partial charge in [0.25, 0.3) is 0 Å². The average molecular weight is 226 g/mol. The largest absolute Gasteiger partial charge is 0.339 e. The highest BCUT2D eigenvalue weighted by molar-refractivity contribution is 5.79. The van der Waals surface area contributed by atoms with E-state index in [1.807, 2.05) is 6.92 Å². The standard InChI is InChI=1S/C13H26N2O/c1-4-12-8-6-7-9-15(12)13(16)11(3)10-14-5-2/h11-12,14H,4-10H2,1-3H3. The number of rotatable bonds is 5. The summed E-state index contributed by atoms with van der Waals surface area (Å²) in [5.74, 6) is 0.458. The molecular weight excluding hydrogens is 200 g/mol. The minimum atomic E-state index is 0.118. The van der Waals surface area contributed by atoms with Gasteiger partial charge in [-0.15, -0.1) is 0 Å². The summed E-state index contributed by atoms with van der Waals surface area (Å²) in [5.41, 5.74) is 0. The second-order valence-electron chi connectivity index (χ2n) is 4.80. The molecule has 3 heteroatoms. The van der Waals surface area contributed by atoms with E-state index in [0.29, 0.717) is 11.9 Å². The van der Waals surface area contributed by atoms with Crippen molar-refractivity contribution in [3.05, 3.63) is 0 Å². The van der Waals surface area contributed by atoms with Crippen LogP contribution in [0.15, 0.2) is 0 Å². The first-order valence-corrected chi connectivity index (χ1v) is 6.71. The molecule has 1 rings (SSSR count). The number of piperidine rings is 1. The Bertz CT molecular complexity index is 218. The van der Waals surface area contributed by atoms with Crippen molar-refractivity contribution >= 4 is 5.91 Å². The third-order valence-electron chi connectivity index (χ3n) is 3.50. The van der Waals surface area contributed by atoms with Gasteiger partial charge in [-0.3, -0.25) is 4.79 Å². The molecule has 0 aromatic heterocycles. The summed E-state index contributed by atoms with van der Waals surface area (Å²) in [6.45, 7) is 9.01. The number of hydrogen-bond acceptors (Lipinski definition) is 2. The van der Waals surface area contributed by atoms with Gasteiger partial charge in [-0.25, -0.2) is 0 Å². The van der Waals surface area contributed by atoms with E-state index < -0.39 is 0 Å². The molecule has 94 valence electrons. The van der Waals surface area contributed by atoms with Gasteiger partial charge >= 0.3 is 0 Å². The predicted octanol–water partition coefficient (Wildman–Crippen LogP) is 2.02. The SMILES string of the molecule is CCNCC(C)C(=O)N1CCCCC1CC. The van der Waals surface area contributed by atoms with E-state index in [1.54, 1.807) is 0 Å². The summed E-state index contributed by atoms with van der Waals surface area (Å²) in [6.07, 6.45) is 4.75. The molecule has 1 heterocycles. The average Bonchev–Trinajstić information content (AvgIpc) is 2.34. The molecule has 1 fully saturated rings. The predicted molar refractivity (Wildman–Crippen MR) is 67.4 cm³/mol. The van der Waals surface area contributed by atoms with Crippen LogP contribution in [-0.4, -0.2) is 36.5 Å². The molecule has 1 amide bonds. The molecular formula is C13H26N2O. The summed E-state index contributed by atoms with van der Waals surface area (Å²) >= 11 is 0. The quantitative estimate of drug-likeness (QED) is 0.778. The number of hydrogen-bond donors (Lipinski definition) is 1. The number of likely N-dealkylation sites (tertiary alicyclic amines) is 1. The van der Waals surface area contributed by atoms with Gasteiger partial charge in [0.2, 0.25) is 5.91 Å². The van der Waals surface area contributed by atoms with Crippen LogP contribution in [0, 0.1) is 5.92 Å². The first-order chi connectivity index (χ1) is 7.70. The van der Waals surface area contributed by atoms with E-state index in [9.17, 15) is 4.79 Å². The van der Waals surface area contributed by atoms with E-state index in [2.05, 4.69) is 24.1 Å². The molecule has 1 N–H and O–H groups in total. The van der Waals surface area contributed by atoms with Gasteiger partial charge in [0.15, 0.2) is 0 Å². The van der Waals surface area contributed by atoms with Crippen molar-refractivity contribution in [3.8, 4) is 0 Å². The van der Waals surface area contributed by atoms with Crippen LogP contribution in [0.2, 0.25) is 0 Å². The lowest BCUT2D eigenvalue weighted by Crippen LogP contribution is -2.47. The Morgan fingerprint density at radius 2 is 2.19 bits per heavy atom. The lowest BCUT2D eigenvalue weighted by molar-refractivity contribution is -0.138. The van der Waals surface area contributed by atoms with E-state index >= 15 is 0 Å². The van der Waals surface area contributed by atoms with Gasteiger partial charge in [0, 0.05) is 25.0 Å². The Balaban J connectivity index is 2.49. The zero-order valence-corrected chi connectivity index (χ0v) is 11.0. The zero-order chi connectivity index (χ0) is 12.0. The highest BCUT2D eigenvalue weighted by atomic mass is 16.2. The maximum Gasteiger partial charge on any atom is 0.226 e. The van der Waals surface area contributed by atoms with Crippen molar-refractivity contribution in [1.82, 2.24) is 10.2 Å². The highest BCUT2D eigenvalue weighted by Gasteiger charge is 2.27. The number of carbonyl (C=O) groups is 1. The molecule has 1 saturated heterocycles. The number of amides is 1. The van der Waals surface area contributed by atoms with Gasteiger partial charge in [-0.1, -0.05) is 20.8 Å². The zero-order valence-electron chi connectivity index (χ0n) is 11.0. The van der Waals surface area contributed by atoms with Crippen molar-refractivity contribution in [1.29, 1.82) is 0 Å². The molecule has 1 aliphatic rings. The van der Waals surface area contributed by atoms with Crippen LogP contribution < -0.4 is 5.32 Å². The molecule has 0 bridgehead atoms. The molecule has 1 aliphatic heterocycles. The van der Waals surface area contributed by atoms with Gasteiger partial charge in [0.1, 0.15) is 0 Å². The number of nitrogens with zero attached hydrogens (tertiary/aromatic N) is 1. The summed E-state index contributed by atoms with van der Waals surface area (Å²) in [6, 6.07) is 0.491. The Morgan fingerprint density at radius 3 is 2.81 bits per heavy atom. The van der Waals surface area contributed by atoms with Crippen LogP contribution in [0.5, 0.6) is 0 Å². The van der Waals surface area contributed by atoms with Gasteiger partial charge < -0.3 is 10.2 Å². The van der Waals surface area contributed by atoms with Crippen molar-refractivity contribution in [2.75, 3.05) is 19.6 Å². The minimum Gasteiger partial charge on any atom is -0.339 e. The van der Waals surface area contributed by atoms with E-state index in [4.69, 9.17) is 0 Å². The van der Waals surface area contributed by atoms with Crippen LogP contribution in [0.1, 0.15) is 46.5 Å². The molecule has 0 radical (unpaired) electrons. The topological polar surface area (TPSA) is 32.3 Å². The Labute approximate surface area is 99.6 Å². The van der Waals surface area contributed by atoms with E-state index in [0.717, 1.165) is 26.1 Å². The monoisotopic (exact) mass is 226 g/mol. The lowest BCUT2D eigenvalue weighted by atomic mass is 9.98. The third-order valence-corrected chi connectivity index (χ3v) is 3.50. The molecule has 2 unspecified atom stereocenters. The first kappa shape index (κ1) is 13.5. The number of carbonyl (C=O) groups excluding carboxylic acids is 1. The van der Waals surface area contributed by atoms with Crippen molar-refractivity contribution in [2.45, 2.75) is 52.5 Å². The molecule has 0 aromatic rings. The molecule has 16 heavy (non-hydrogen) atoms. The van der Waals surface area contributed by atoms with Gasteiger partial charge in [0.05, 0.1) is 0 Å². The van der Waals surface area contributed by atoms with E-state index in [1.165, 1.54) is 19.3 Å². The van der Waals surface area contributed by atoms with Crippen LogP contribution in [-0.2, 0) is 4.79 Å². The van der Waals surface area contributed by atoms with E-state index in [-0.39, 0.29) is 5.92 Å². The summed E-state index contributed by atoms with van der Waals surface area (Å²) < 4.78 is 0. The van der Waals surface area contributed by atoms with Crippen LogP contribution in [0.3, 0.4) is 0 Å². The first-order valence-electron chi connectivity index (χ1n) is 6.71. The molecule has 0 aliphatic carbocycles. The van der Waals surface area contributed by atoms with Crippen molar-refractivity contribution in [3.63, 3.8) is 0 Å². The maximum atomic E-state index is 12.3. The van der Waals surface area contributed by atoms with Crippen molar-refractivity contribution < 1.29 is 4.79 Å². The summed E-state index contributed by atoms with van der Waals surface area (Å²) in [4.78, 5) is 14.4. The molecule has 0 saturated carbocycles. The second-order valence-corrected chi connectivity index (χ2v) is 4.80. The van der Waals surface area contributed by atoms with Gasteiger partial charge in [-0.2, -0.15) is 0 Å². The molecule has 0 aromatic carbocycles. The van der Waals surface area contributed by atoms with Crippen LogP contribution in [0.4, 0.5) is 0 Å². The van der Waals surface area contributed by atoms with Crippen LogP contribution >= 0.6 is 0 Å². The Kier molecular flexibility index (Phi) is 5.81. The molecule has 0 spiro atoms. The fourth-order valence-electron chi connectivity index (χ4n) is 2.45. The van der Waals surface area contributed by atoms with Gasteiger partial charge in [-0.05, 0) is 32.2 Å². The highest BCUT2D eigenvalue weighted by Crippen LogP contribution is 2.21. The lowest BCUT2D eigenvalue weighted by Gasteiger charge is -2.37. The third kappa shape index (κ3) is 3.48. The number of nitrogens with one attached hydrogen (secondary N) is 1. The smallest absolute Gasteiger partial charge is 0.226 e. The van der Waals surface area contributed by atoms with Crippen LogP contribution in [0.25, 0.3) is 0 Å². The second kappa shape index (κ2) is 6.89. The normalized spacial score (nSPS) is 23.2. The summed E-state index contributed by atoms with van der Waals surface area (Å²) in [5, 5.41) is 3.25. The fourth-order valence-corrected chi connectivity index (χ4v) is 2.45. The summed E-state index contributed by atoms with van der Waals surface area (Å²) in [7, 11) is 0. The minimum absolute atomic E-state index is 0.118.